The van der Waals surface area contributed by atoms with E-state index in [4.69, 9.17) is 32.3 Å². The standard InChI is InChI=1S/C19H23N7OS/c1-10(2)24-17(26-19(22)23)18-25-16-13-4-3-11(12(8-20)9-21)7-14(13)27-6-5-15(16)28-18/h3-4,7-10,20H,5-6,21H2,1-2H3,(H4,22,23,24,26)/b12-9+,20-8?. The number of hydrogen-bond donors (Lipinski definition) is 4. The van der Waals surface area contributed by atoms with Crippen molar-refractivity contribution in [3.63, 3.8) is 0 Å². The minimum atomic E-state index is -0.0501. The maximum atomic E-state index is 7.49. The summed E-state index contributed by atoms with van der Waals surface area (Å²) in [5.41, 5.74) is 19.9. The van der Waals surface area contributed by atoms with Crippen molar-refractivity contribution in [1.29, 1.82) is 5.41 Å². The Morgan fingerprint density at radius 2 is 2.14 bits per heavy atom. The van der Waals surface area contributed by atoms with Gasteiger partial charge in [-0.15, -0.1) is 11.3 Å². The minimum Gasteiger partial charge on any atom is -0.492 e. The number of hydrogen-bond acceptors (Lipinski definition) is 6. The molecule has 1 aromatic heterocycles. The Morgan fingerprint density at radius 3 is 2.79 bits per heavy atom. The second-order valence-electron chi connectivity index (χ2n) is 6.45. The molecule has 0 bridgehead atoms. The van der Waals surface area contributed by atoms with Crippen LogP contribution in [0.2, 0.25) is 0 Å². The molecule has 1 aliphatic heterocycles. The summed E-state index contributed by atoms with van der Waals surface area (Å²) < 4.78 is 5.92. The number of nitrogens with two attached hydrogens (primary N) is 3. The lowest BCUT2D eigenvalue weighted by Gasteiger charge is -2.10. The fourth-order valence-corrected chi connectivity index (χ4v) is 3.82. The molecule has 1 aromatic carbocycles. The number of allylic oxidation sites excluding steroid dienone is 1. The van der Waals surface area contributed by atoms with Gasteiger partial charge in [-0.05, 0) is 31.5 Å². The molecule has 0 unspecified atom stereocenters. The van der Waals surface area contributed by atoms with Gasteiger partial charge in [0, 0.05) is 40.9 Å². The summed E-state index contributed by atoms with van der Waals surface area (Å²) >= 11 is 1.52. The second kappa shape index (κ2) is 8.22. The number of guanidine groups is 1. The number of aromatic nitrogens is 1. The zero-order chi connectivity index (χ0) is 20.3. The molecule has 3 rings (SSSR count). The number of ether oxygens (including phenoxy) is 1. The molecule has 146 valence electrons. The van der Waals surface area contributed by atoms with E-state index in [9.17, 15) is 0 Å². The monoisotopic (exact) mass is 397 g/mol. The van der Waals surface area contributed by atoms with Crippen molar-refractivity contribution in [2.45, 2.75) is 26.3 Å². The van der Waals surface area contributed by atoms with Crippen molar-refractivity contribution < 1.29 is 4.74 Å². The Morgan fingerprint density at radius 1 is 1.36 bits per heavy atom. The zero-order valence-electron chi connectivity index (χ0n) is 15.8. The highest BCUT2D eigenvalue weighted by Gasteiger charge is 2.23. The van der Waals surface area contributed by atoms with E-state index in [1.54, 1.807) is 0 Å². The molecule has 0 radical (unpaired) electrons. The molecule has 2 aromatic rings. The van der Waals surface area contributed by atoms with Gasteiger partial charge in [-0.1, -0.05) is 6.07 Å². The molecule has 28 heavy (non-hydrogen) atoms. The zero-order valence-corrected chi connectivity index (χ0v) is 16.6. The summed E-state index contributed by atoms with van der Waals surface area (Å²) in [6, 6.07) is 5.75. The molecule has 0 fully saturated rings. The van der Waals surface area contributed by atoms with Crippen LogP contribution >= 0.6 is 11.3 Å². The number of benzene rings is 1. The fourth-order valence-electron chi connectivity index (χ4n) is 2.82. The molecule has 0 atom stereocenters. The first kappa shape index (κ1) is 19.6. The summed E-state index contributed by atoms with van der Waals surface area (Å²) in [6.45, 7) is 4.44. The van der Waals surface area contributed by atoms with E-state index in [0.717, 1.165) is 28.1 Å². The number of aliphatic imine (C=N–C) groups is 2. The first-order chi connectivity index (χ1) is 13.4. The Balaban J connectivity index is 2.10. The van der Waals surface area contributed by atoms with Gasteiger partial charge in [-0.25, -0.2) is 4.98 Å². The van der Waals surface area contributed by atoms with Gasteiger partial charge < -0.3 is 27.3 Å². The Hall–Kier alpha value is -3.20. The lowest BCUT2D eigenvalue weighted by Crippen LogP contribution is -2.24. The van der Waals surface area contributed by atoms with Gasteiger partial charge in [0.2, 0.25) is 0 Å². The van der Waals surface area contributed by atoms with E-state index in [1.165, 1.54) is 23.8 Å². The van der Waals surface area contributed by atoms with Gasteiger partial charge in [0.1, 0.15) is 5.75 Å². The van der Waals surface area contributed by atoms with Crippen LogP contribution < -0.4 is 21.9 Å². The number of nitrogens with zero attached hydrogens (tertiary/aromatic N) is 3. The van der Waals surface area contributed by atoms with Gasteiger partial charge in [0.25, 0.3) is 0 Å². The van der Waals surface area contributed by atoms with E-state index in [0.29, 0.717) is 28.8 Å². The van der Waals surface area contributed by atoms with Crippen molar-refractivity contribution in [2.75, 3.05) is 6.61 Å². The van der Waals surface area contributed by atoms with Crippen LogP contribution in [0.4, 0.5) is 0 Å². The minimum absolute atomic E-state index is 0.0302. The highest BCUT2D eigenvalue weighted by Crippen LogP contribution is 2.39. The van der Waals surface area contributed by atoms with Crippen molar-refractivity contribution in [3.05, 3.63) is 39.8 Å². The third-order valence-electron chi connectivity index (χ3n) is 4.00. The highest BCUT2D eigenvalue weighted by atomic mass is 32.1. The first-order valence-corrected chi connectivity index (χ1v) is 9.62. The van der Waals surface area contributed by atoms with Crippen molar-refractivity contribution in [3.8, 4) is 17.0 Å². The maximum Gasteiger partial charge on any atom is 0.192 e. The normalized spacial score (nSPS) is 14.0. The Kier molecular flexibility index (Phi) is 5.74. The number of rotatable bonds is 4. The molecule has 8 nitrogen and oxygen atoms in total. The van der Waals surface area contributed by atoms with Crippen LogP contribution in [-0.2, 0) is 6.42 Å². The SMILES string of the molecule is CC(C)N=C(N=C(N)N)c1nc2c(s1)CCOc1cc(/C(C=N)=C/N)ccc1-2. The summed E-state index contributed by atoms with van der Waals surface area (Å²) in [6.07, 6.45) is 3.34. The van der Waals surface area contributed by atoms with Crippen LogP contribution in [-0.4, -0.2) is 35.6 Å². The van der Waals surface area contributed by atoms with Gasteiger partial charge in [-0.2, -0.15) is 4.99 Å². The van der Waals surface area contributed by atoms with Crippen molar-refractivity contribution >= 4 is 34.9 Å². The highest BCUT2D eigenvalue weighted by molar-refractivity contribution is 7.14. The summed E-state index contributed by atoms with van der Waals surface area (Å²) in [4.78, 5) is 14.5. The topological polar surface area (TPSA) is 149 Å². The molecule has 0 amide bonds. The molecule has 9 heteroatoms. The second-order valence-corrected chi connectivity index (χ2v) is 7.53. The largest absolute Gasteiger partial charge is 0.492 e. The Labute approximate surface area is 167 Å². The van der Waals surface area contributed by atoms with E-state index < -0.39 is 0 Å². The van der Waals surface area contributed by atoms with E-state index in [2.05, 4.69) is 9.98 Å². The third-order valence-corrected chi connectivity index (χ3v) is 5.11. The smallest absolute Gasteiger partial charge is 0.192 e. The fraction of sp³-hybridized carbons (Fsp3) is 0.263. The average molecular weight is 398 g/mol. The van der Waals surface area contributed by atoms with Crippen LogP contribution in [0.25, 0.3) is 16.8 Å². The maximum absolute atomic E-state index is 7.49. The summed E-state index contributed by atoms with van der Waals surface area (Å²) in [5.74, 6) is 1.09. The molecule has 0 aliphatic carbocycles. The summed E-state index contributed by atoms with van der Waals surface area (Å²) in [5, 5.41) is 8.16. The molecule has 0 saturated carbocycles. The quantitative estimate of drug-likeness (QED) is 0.460. The van der Waals surface area contributed by atoms with Crippen LogP contribution in [0.1, 0.15) is 29.3 Å². The summed E-state index contributed by atoms with van der Waals surface area (Å²) in [7, 11) is 0. The average Bonchev–Trinajstić information content (AvgIpc) is 2.98. The lowest BCUT2D eigenvalue weighted by atomic mass is 10.0. The van der Waals surface area contributed by atoms with E-state index >= 15 is 0 Å². The molecular formula is C19H23N7OS. The third kappa shape index (κ3) is 4.04. The molecule has 2 heterocycles. The van der Waals surface area contributed by atoms with Gasteiger partial charge >= 0.3 is 0 Å². The molecule has 0 spiro atoms. The predicted octanol–water partition coefficient (Wildman–Crippen LogP) is 2.12. The van der Waals surface area contributed by atoms with Crippen LogP contribution in [0.5, 0.6) is 5.75 Å². The molecule has 0 saturated heterocycles. The van der Waals surface area contributed by atoms with Gasteiger partial charge in [0.15, 0.2) is 16.8 Å². The van der Waals surface area contributed by atoms with Crippen LogP contribution in [0.3, 0.4) is 0 Å². The molecule has 1 aliphatic rings. The van der Waals surface area contributed by atoms with Gasteiger partial charge in [0.05, 0.1) is 12.3 Å². The molecule has 7 N–H and O–H groups in total. The van der Waals surface area contributed by atoms with Crippen molar-refractivity contribution in [1.82, 2.24) is 4.98 Å². The number of thiazole rings is 1. The van der Waals surface area contributed by atoms with Crippen LogP contribution in [0.15, 0.2) is 34.4 Å². The van der Waals surface area contributed by atoms with E-state index in [-0.39, 0.29) is 12.0 Å². The van der Waals surface area contributed by atoms with Crippen molar-refractivity contribution in [2.24, 2.45) is 27.2 Å². The first-order valence-electron chi connectivity index (χ1n) is 8.80. The van der Waals surface area contributed by atoms with Gasteiger partial charge in [-0.3, -0.25) is 4.99 Å². The number of nitrogens with one attached hydrogen (secondary N) is 1. The lowest BCUT2D eigenvalue weighted by molar-refractivity contribution is 0.327. The molecular weight excluding hydrogens is 374 g/mol. The van der Waals surface area contributed by atoms with Crippen LogP contribution in [0, 0.1) is 5.41 Å². The number of amidine groups is 1. The van der Waals surface area contributed by atoms with E-state index in [1.807, 2.05) is 32.0 Å². The Bertz CT molecular complexity index is 984. The number of fused-ring (bicyclic) bond motifs is 3. The predicted molar refractivity (Wildman–Crippen MR) is 115 cm³/mol.